The van der Waals surface area contributed by atoms with E-state index in [4.69, 9.17) is 5.73 Å². The molecule has 0 bridgehead atoms. The third-order valence-corrected chi connectivity index (χ3v) is 3.51. The summed E-state index contributed by atoms with van der Waals surface area (Å²) in [6, 6.07) is 10.4. The molecule has 0 spiro atoms. The monoisotopic (exact) mass is 218 g/mol. The highest BCUT2D eigenvalue weighted by Crippen LogP contribution is 2.42. The number of carbonyl (C=O) groups excluding carboxylic acids is 1. The van der Waals surface area contributed by atoms with Crippen LogP contribution in [-0.4, -0.2) is 19.0 Å². The highest BCUT2D eigenvalue weighted by molar-refractivity contribution is 5.77. The minimum atomic E-state index is -0.0674. The van der Waals surface area contributed by atoms with Gasteiger partial charge in [-0.3, -0.25) is 4.79 Å². The lowest BCUT2D eigenvalue weighted by molar-refractivity contribution is -0.120. The molecule has 86 valence electrons. The number of nitrogens with two attached hydrogens (primary N) is 1. The van der Waals surface area contributed by atoms with Crippen molar-refractivity contribution in [1.82, 2.24) is 5.32 Å². The number of hydrogen-bond acceptors (Lipinski definition) is 2. The number of nitrogens with one attached hydrogen (secondary N) is 1. The Kier molecular flexibility index (Phi) is 3.25. The molecule has 0 saturated heterocycles. The van der Waals surface area contributed by atoms with Crippen molar-refractivity contribution in [2.24, 2.45) is 5.73 Å². The molecule has 1 aromatic carbocycles. The molecule has 1 fully saturated rings. The van der Waals surface area contributed by atoms with E-state index >= 15 is 0 Å². The van der Waals surface area contributed by atoms with Crippen LogP contribution in [0.4, 0.5) is 0 Å². The van der Waals surface area contributed by atoms with Crippen LogP contribution in [-0.2, 0) is 10.2 Å². The molecule has 2 rings (SSSR count). The molecular weight excluding hydrogens is 200 g/mol. The second kappa shape index (κ2) is 4.66. The third kappa shape index (κ3) is 2.09. The molecular formula is C13H18N2O. The number of amides is 1. The Bertz CT molecular complexity index is 357. The van der Waals surface area contributed by atoms with Crippen molar-refractivity contribution in [3.8, 4) is 0 Å². The second-order valence-corrected chi connectivity index (χ2v) is 4.48. The van der Waals surface area contributed by atoms with Crippen molar-refractivity contribution in [2.75, 3.05) is 13.1 Å². The van der Waals surface area contributed by atoms with Crippen molar-refractivity contribution >= 4 is 5.91 Å². The normalized spacial score (nSPS) is 17.6. The van der Waals surface area contributed by atoms with Crippen LogP contribution in [0, 0.1) is 0 Å². The van der Waals surface area contributed by atoms with Crippen molar-refractivity contribution in [3.63, 3.8) is 0 Å². The highest BCUT2D eigenvalue weighted by atomic mass is 16.1. The van der Waals surface area contributed by atoms with Gasteiger partial charge in [-0.25, -0.2) is 0 Å². The lowest BCUT2D eigenvalue weighted by atomic mass is 9.64. The Labute approximate surface area is 96.0 Å². The quantitative estimate of drug-likeness (QED) is 0.797. The lowest BCUT2D eigenvalue weighted by Gasteiger charge is -2.42. The fourth-order valence-corrected chi connectivity index (χ4v) is 2.30. The van der Waals surface area contributed by atoms with Crippen LogP contribution in [0.3, 0.4) is 0 Å². The number of hydrogen-bond donors (Lipinski definition) is 2. The van der Waals surface area contributed by atoms with Crippen LogP contribution >= 0.6 is 0 Å². The summed E-state index contributed by atoms with van der Waals surface area (Å²) in [6.07, 6.45) is 3.55. The molecule has 0 heterocycles. The maximum Gasteiger partial charge on any atom is 0.233 e. The SMILES string of the molecule is NCC(=O)NCC1(c2ccccc2)CCC1. The van der Waals surface area contributed by atoms with E-state index in [1.807, 2.05) is 6.07 Å². The van der Waals surface area contributed by atoms with E-state index in [2.05, 4.69) is 29.6 Å². The number of benzene rings is 1. The number of rotatable bonds is 4. The molecule has 3 N–H and O–H groups in total. The Balaban J connectivity index is 2.06. The average molecular weight is 218 g/mol. The molecule has 1 aromatic rings. The van der Waals surface area contributed by atoms with Gasteiger partial charge in [0.1, 0.15) is 0 Å². The fraction of sp³-hybridized carbons (Fsp3) is 0.462. The minimum absolute atomic E-state index is 0.0674. The summed E-state index contributed by atoms with van der Waals surface area (Å²) in [6.45, 7) is 0.790. The summed E-state index contributed by atoms with van der Waals surface area (Å²) in [4.78, 5) is 11.2. The minimum Gasteiger partial charge on any atom is -0.354 e. The van der Waals surface area contributed by atoms with Gasteiger partial charge in [0, 0.05) is 12.0 Å². The van der Waals surface area contributed by atoms with Crippen LogP contribution in [0.1, 0.15) is 24.8 Å². The van der Waals surface area contributed by atoms with Gasteiger partial charge >= 0.3 is 0 Å². The van der Waals surface area contributed by atoms with Crippen molar-refractivity contribution in [2.45, 2.75) is 24.7 Å². The molecule has 3 heteroatoms. The van der Waals surface area contributed by atoms with Gasteiger partial charge < -0.3 is 11.1 Å². The fourth-order valence-electron chi connectivity index (χ4n) is 2.30. The van der Waals surface area contributed by atoms with Gasteiger partial charge in [0.2, 0.25) is 5.91 Å². The summed E-state index contributed by atoms with van der Waals surface area (Å²) in [5.41, 5.74) is 6.78. The van der Waals surface area contributed by atoms with Crippen LogP contribution < -0.4 is 11.1 Å². The Morgan fingerprint density at radius 1 is 1.31 bits per heavy atom. The topological polar surface area (TPSA) is 55.1 Å². The van der Waals surface area contributed by atoms with E-state index in [0.29, 0.717) is 6.54 Å². The van der Waals surface area contributed by atoms with E-state index in [-0.39, 0.29) is 17.9 Å². The Hall–Kier alpha value is -1.35. The molecule has 0 aromatic heterocycles. The van der Waals surface area contributed by atoms with Crippen molar-refractivity contribution in [1.29, 1.82) is 0 Å². The first-order chi connectivity index (χ1) is 7.77. The summed E-state index contributed by atoms with van der Waals surface area (Å²) in [5.74, 6) is -0.0674. The van der Waals surface area contributed by atoms with Crippen LogP contribution in [0.25, 0.3) is 0 Å². The van der Waals surface area contributed by atoms with Gasteiger partial charge in [0.25, 0.3) is 0 Å². The van der Waals surface area contributed by atoms with Gasteiger partial charge in [-0.15, -0.1) is 0 Å². The van der Waals surface area contributed by atoms with Gasteiger partial charge in [0.15, 0.2) is 0 Å². The van der Waals surface area contributed by atoms with Gasteiger partial charge in [-0.1, -0.05) is 36.8 Å². The van der Waals surface area contributed by atoms with E-state index in [1.54, 1.807) is 0 Å². The standard InChI is InChI=1S/C13H18N2O/c14-9-12(16)15-10-13(7-4-8-13)11-5-2-1-3-6-11/h1-3,5-6H,4,7-10,14H2,(H,15,16). The zero-order chi connectivity index (χ0) is 11.4. The lowest BCUT2D eigenvalue weighted by Crippen LogP contribution is -2.46. The third-order valence-electron chi connectivity index (χ3n) is 3.51. The molecule has 1 aliphatic rings. The van der Waals surface area contributed by atoms with Crippen molar-refractivity contribution < 1.29 is 4.79 Å². The van der Waals surface area contributed by atoms with Crippen LogP contribution in [0.5, 0.6) is 0 Å². The van der Waals surface area contributed by atoms with Gasteiger partial charge in [-0.2, -0.15) is 0 Å². The predicted octanol–water partition coefficient (Wildman–Crippen LogP) is 1.18. The summed E-state index contributed by atoms with van der Waals surface area (Å²) in [5, 5.41) is 2.91. The first kappa shape index (κ1) is 11.1. The Morgan fingerprint density at radius 2 is 2.00 bits per heavy atom. The maximum atomic E-state index is 11.2. The number of carbonyl (C=O) groups is 1. The Morgan fingerprint density at radius 3 is 2.50 bits per heavy atom. The molecule has 0 unspecified atom stereocenters. The molecule has 0 radical (unpaired) electrons. The van der Waals surface area contributed by atoms with E-state index < -0.39 is 0 Å². The van der Waals surface area contributed by atoms with Crippen LogP contribution in [0.15, 0.2) is 30.3 Å². The summed E-state index contributed by atoms with van der Waals surface area (Å²) >= 11 is 0. The molecule has 16 heavy (non-hydrogen) atoms. The molecule has 0 atom stereocenters. The molecule has 0 aliphatic heterocycles. The van der Waals surface area contributed by atoms with Gasteiger partial charge in [-0.05, 0) is 18.4 Å². The van der Waals surface area contributed by atoms with E-state index in [0.717, 1.165) is 12.8 Å². The molecule has 1 aliphatic carbocycles. The van der Waals surface area contributed by atoms with Gasteiger partial charge in [0.05, 0.1) is 6.54 Å². The molecule has 1 amide bonds. The highest BCUT2D eigenvalue weighted by Gasteiger charge is 2.38. The zero-order valence-corrected chi connectivity index (χ0v) is 9.41. The van der Waals surface area contributed by atoms with E-state index in [1.165, 1.54) is 12.0 Å². The maximum absolute atomic E-state index is 11.2. The van der Waals surface area contributed by atoms with E-state index in [9.17, 15) is 4.79 Å². The largest absolute Gasteiger partial charge is 0.354 e. The second-order valence-electron chi connectivity index (χ2n) is 4.48. The summed E-state index contributed by atoms with van der Waals surface area (Å²) in [7, 11) is 0. The molecule has 1 saturated carbocycles. The first-order valence-corrected chi connectivity index (χ1v) is 5.79. The smallest absolute Gasteiger partial charge is 0.233 e. The molecule has 3 nitrogen and oxygen atoms in total. The first-order valence-electron chi connectivity index (χ1n) is 5.79. The summed E-state index contributed by atoms with van der Waals surface area (Å²) < 4.78 is 0. The van der Waals surface area contributed by atoms with Crippen LogP contribution in [0.2, 0.25) is 0 Å². The average Bonchev–Trinajstić information content (AvgIpc) is 2.29. The van der Waals surface area contributed by atoms with Crippen molar-refractivity contribution in [3.05, 3.63) is 35.9 Å². The predicted molar refractivity (Wildman–Crippen MR) is 64.0 cm³/mol. The zero-order valence-electron chi connectivity index (χ0n) is 9.41.